The molecule has 0 fully saturated rings. The van der Waals surface area contributed by atoms with Gasteiger partial charge in [-0.25, -0.2) is 0 Å². The molecule has 0 radical (unpaired) electrons. The smallest absolute Gasteiger partial charge is 0.0885 e. The molecule has 0 unspecified atom stereocenters. The number of rotatable bonds is 7. The molecule has 0 aliphatic heterocycles. The summed E-state index contributed by atoms with van der Waals surface area (Å²) in [6, 6.07) is 2.63. The number of aromatic nitrogens is 2. The third-order valence-corrected chi connectivity index (χ3v) is 2.44. The molecule has 0 aliphatic carbocycles. The molecule has 1 aromatic rings. The number of hydrogen-bond acceptors (Lipinski definition) is 3. The molecule has 0 saturated carbocycles. The van der Waals surface area contributed by atoms with Gasteiger partial charge in [-0.15, -0.1) is 0 Å². The highest BCUT2D eigenvalue weighted by Gasteiger charge is 2.03. The van der Waals surface area contributed by atoms with Crippen LogP contribution in [0.4, 0.5) is 0 Å². The molecule has 1 heterocycles. The van der Waals surface area contributed by atoms with Crippen molar-refractivity contribution < 1.29 is 4.74 Å². The molecule has 1 aromatic heterocycles. The zero-order valence-electron chi connectivity index (χ0n) is 10.8. The van der Waals surface area contributed by atoms with E-state index in [0.717, 1.165) is 31.0 Å². The third-order valence-electron chi connectivity index (χ3n) is 2.44. The van der Waals surface area contributed by atoms with Crippen molar-refractivity contribution in [1.82, 2.24) is 15.1 Å². The SMILES string of the molecule is CCc1cc(COCCNC(C)C)n(C)n1. The number of hydrogen-bond donors (Lipinski definition) is 1. The Morgan fingerprint density at radius 3 is 2.81 bits per heavy atom. The van der Waals surface area contributed by atoms with Crippen LogP contribution in [-0.2, 0) is 24.8 Å². The molecule has 0 saturated heterocycles. The highest BCUT2D eigenvalue weighted by Crippen LogP contribution is 2.04. The Morgan fingerprint density at radius 2 is 2.25 bits per heavy atom. The molecule has 4 heteroatoms. The predicted octanol–water partition coefficient (Wildman–Crippen LogP) is 1.50. The Hall–Kier alpha value is -0.870. The number of nitrogens with one attached hydrogen (secondary N) is 1. The predicted molar refractivity (Wildman–Crippen MR) is 65.4 cm³/mol. The van der Waals surface area contributed by atoms with Gasteiger partial charge in [-0.2, -0.15) is 5.10 Å². The quantitative estimate of drug-likeness (QED) is 0.715. The Morgan fingerprint density at radius 1 is 1.50 bits per heavy atom. The van der Waals surface area contributed by atoms with Crippen molar-refractivity contribution in [3.8, 4) is 0 Å². The van der Waals surface area contributed by atoms with Crippen LogP contribution in [0.5, 0.6) is 0 Å². The highest BCUT2D eigenvalue weighted by atomic mass is 16.5. The van der Waals surface area contributed by atoms with Crippen LogP contribution in [0.2, 0.25) is 0 Å². The zero-order chi connectivity index (χ0) is 12.0. The normalized spacial score (nSPS) is 11.3. The molecule has 0 atom stereocenters. The summed E-state index contributed by atoms with van der Waals surface area (Å²) in [7, 11) is 1.96. The summed E-state index contributed by atoms with van der Waals surface area (Å²) in [6.45, 7) is 8.66. The van der Waals surface area contributed by atoms with E-state index in [1.165, 1.54) is 0 Å². The minimum absolute atomic E-state index is 0.520. The second-order valence-electron chi connectivity index (χ2n) is 4.27. The molecule has 0 spiro atoms. The first-order valence-corrected chi connectivity index (χ1v) is 5.96. The van der Waals surface area contributed by atoms with E-state index in [1.54, 1.807) is 0 Å². The average Bonchev–Trinajstić information content (AvgIpc) is 2.59. The molecule has 92 valence electrons. The lowest BCUT2D eigenvalue weighted by Crippen LogP contribution is -2.26. The number of ether oxygens (including phenoxy) is 1. The third kappa shape index (κ3) is 4.33. The van der Waals surface area contributed by atoms with Gasteiger partial charge in [-0.1, -0.05) is 20.8 Å². The van der Waals surface area contributed by atoms with Gasteiger partial charge in [0.2, 0.25) is 0 Å². The first-order chi connectivity index (χ1) is 7.63. The van der Waals surface area contributed by atoms with Crippen molar-refractivity contribution in [3.63, 3.8) is 0 Å². The van der Waals surface area contributed by atoms with Crippen LogP contribution in [-0.4, -0.2) is 29.0 Å². The van der Waals surface area contributed by atoms with Gasteiger partial charge in [0, 0.05) is 19.6 Å². The van der Waals surface area contributed by atoms with Crippen LogP contribution in [0.3, 0.4) is 0 Å². The summed E-state index contributed by atoms with van der Waals surface area (Å²) in [5.41, 5.74) is 2.27. The van der Waals surface area contributed by atoms with Gasteiger partial charge in [0.1, 0.15) is 0 Å². The van der Waals surface area contributed by atoms with Crippen LogP contribution < -0.4 is 5.32 Å². The fraction of sp³-hybridized carbons (Fsp3) is 0.750. The fourth-order valence-electron chi connectivity index (χ4n) is 1.48. The minimum atomic E-state index is 0.520. The first kappa shape index (κ1) is 13.2. The molecule has 4 nitrogen and oxygen atoms in total. The van der Waals surface area contributed by atoms with Crippen LogP contribution in [0.1, 0.15) is 32.2 Å². The zero-order valence-corrected chi connectivity index (χ0v) is 10.8. The largest absolute Gasteiger partial charge is 0.374 e. The van der Waals surface area contributed by atoms with E-state index in [4.69, 9.17) is 4.74 Å². The summed E-state index contributed by atoms with van der Waals surface area (Å²) in [5, 5.41) is 7.69. The van der Waals surface area contributed by atoms with Crippen molar-refractivity contribution in [1.29, 1.82) is 0 Å². The number of aryl methyl sites for hydroxylation is 2. The molecular formula is C12H23N3O. The van der Waals surface area contributed by atoms with E-state index < -0.39 is 0 Å². The summed E-state index contributed by atoms with van der Waals surface area (Å²) in [4.78, 5) is 0. The van der Waals surface area contributed by atoms with E-state index in [-0.39, 0.29) is 0 Å². The van der Waals surface area contributed by atoms with E-state index in [9.17, 15) is 0 Å². The van der Waals surface area contributed by atoms with Crippen LogP contribution in [0.15, 0.2) is 6.07 Å². The summed E-state index contributed by atoms with van der Waals surface area (Å²) < 4.78 is 7.48. The van der Waals surface area contributed by atoms with Gasteiger partial charge in [-0.05, 0) is 12.5 Å². The molecule has 0 aromatic carbocycles. The van der Waals surface area contributed by atoms with E-state index in [2.05, 4.69) is 37.3 Å². The number of nitrogens with zero attached hydrogens (tertiary/aromatic N) is 2. The van der Waals surface area contributed by atoms with Crippen molar-refractivity contribution in [2.24, 2.45) is 7.05 Å². The van der Waals surface area contributed by atoms with Crippen molar-refractivity contribution in [2.45, 2.75) is 39.8 Å². The van der Waals surface area contributed by atoms with Gasteiger partial charge in [-0.3, -0.25) is 4.68 Å². The monoisotopic (exact) mass is 225 g/mol. The lowest BCUT2D eigenvalue weighted by Gasteiger charge is -2.08. The fourth-order valence-corrected chi connectivity index (χ4v) is 1.48. The Balaban J connectivity index is 2.23. The van der Waals surface area contributed by atoms with E-state index >= 15 is 0 Å². The first-order valence-electron chi connectivity index (χ1n) is 5.96. The lowest BCUT2D eigenvalue weighted by molar-refractivity contribution is 0.116. The second kappa shape index (κ2) is 6.66. The Bertz CT molecular complexity index is 307. The van der Waals surface area contributed by atoms with Gasteiger partial charge in [0.05, 0.1) is 24.6 Å². The van der Waals surface area contributed by atoms with Crippen LogP contribution in [0, 0.1) is 0 Å². The highest BCUT2D eigenvalue weighted by molar-refractivity contribution is 5.09. The molecule has 16 heavy (non-hydrogen) atoms. The average molecular weight is 225 g/mol. The van der Waals surface area contributed by atoms with Crippen molar-refractivity contribution >= 4 is 0 Å². The van der Waals surface area contributed by atoms with Gasteiger partial charge >= 0.3 is 0 Å². The van der Waals surface area contributed by atoms with Gasteiger partial charge < -0.3 is 10.1 Å². The molecule has 1 N–H and O–H groups in total. The molecule has 0 bridgehead atoms. The second-order valence-corrected chi connectivity index (χ2v) is 4.27. The topological polar surface area (TPSA) is 39.1 Å². The van der Waals surface area contributed by atoms with Gasteiger partial charge in [0.15, 0.2) is 0 Å². The standard InChI is InChI=1S/C12H23N3O/c1-5-11-8-12(15(4)14-11)9-16-7-6-13-10(2)3/h8,10,13H,5-7,9H2,1-4H3. The Kier molecular flexibility index (Phi) is 5.49. The summed E-state index contributed by atoms with van der Waals surface area (Å²) in [6.07, 6.45) is 0.975. The van der Waals surface area contributed by atoms with Gasteiger partial charge in [0.25, 0.3) is 0 Å². The minimum Gasteiger partial charge on any atom is -0.374 e. The Labute approximate surface area is 98.0 Å². The maximum Gasteiger partial charge on any atom is 0.0885 e. The molecular weight excluding hydrogens is 202 g/mol. The van der Waals surface area contributed by atoms with Crippen molar-refractivity contribution in [2.75, 3.05) is 13.2 Å². The summed E-state index contributed by atoms with van der Waals surface area (Å²) in [5.74, 6) is 0. The molecule has 0 aliphatic rings. The lowest BCUT2D eigenvalue weighted by atomic mass is 10.3. The van der Waals surface area contributed by atoms with E-state index in [1.807, 2.05) is 11.7 Å². The molecule has 1 rings (SSSR count). The molecule has 0 amide bonds. The maximum absolute atomic E-state index is 5.59. The van der Waals surface area contributed by atoms with Crippen molar-refractivity contribution in [3.05, 3.63) is 17.5 Å². The van der Waals surface area contributed by atoms with Crippen LogP contribution >= 0.6 is 0 Å². The van der Waals surface area contributed by atoms with E-state index in [0.29, 0.717) is 12.6 Å². The van der Waals surface area contributed by atoms with Crippen LogP contribution in [0.25, 0.3) is 0 Å². The maximum atomic E-state index is 5.59. The summed E-state index contributed by atoms with van der Waals surface area (Å²) >= 11 is 0.